The number of carbonyl (C=O) groups excluding carboxylic acids is 2. The maximum Gasteiger partial charge on any atom is 0.228 e. The van der Waals surface area contributed by atoms with Crippen LogP contribution in [0, 0.1) is 0 Å². The summed E-state index contributed by atoms with van der Waals surface area (Å²) in [6, 6.07) is 13.3. The Morgan fingerprint density at radius 1 is 1.00 bits per heavy atom. The predicted octanol–water partition coefficient (Wildman–Crippen LogP) is 3.65. The number of rotatable bonds is 2. The number of fused-ring (bicyclic) bond motifs is 1. The number of aliphatic hydroxyl groups is 1. The van der Waals surface area contributed by atoms with Crippen molar-refractivity contribution in [2.75, 3.05) is 7.05 Å². The number of hydrogen-bond donors (Lipinski definition) is 1. The van der Waals surface area contributed by atoms with Gasteiger partial charge in [0.1, 0.15) is 0 Å². The van der Waals surface area contributed by atoms with Gasteiger partial charge in [-0.3, -0.25) is 14.6 Å². The zero-order chi connectivity index (χ0) is 16.6. The molecule has 0 radical (unpaired) electrons. The number of halogens is 1. The van der Waals surface area contributed by atoms with Crippen LogP contribution in [0.1, 0.15) is 26.3 Å². The van der Waals surface area contributed by atoms with E-state index in [1.807, 2.05) is 6.07 Å². The monoisotopic (exact) mass is 325 g/mol. The molecule has 1 aliphatic rings. The van der Waals surface area contributed by atoms with Crippen LogP contribution in [-0.4, -0.2) is 29.4 Å². The van der Waals surface area contributed by atoms with Gasteiger partial charge in [0, 0.05) is 28.8 Å². The molecule has 4 nitrogen and oxygen atoms in total. The second-order valence-electron chi connectivity index (χ2n) is 5.01. The van der Waals surface area contributed by atoms with Gasteiger partial charge in [-0.1, -0.05) is 41.9 Å². The fourth-order valence-electron chi connectivity index (χ4n) is 2.59. The number of ketones is 2. The molecule has 2 aromatic rings. The Hall–Kier alpha value is -2.72. The van der Waals surface area contributed by atoms with Gasteiger partial charge in [-0.2, -0.15) is 0 Å². The zero-order valence-electron chi connectivity index (χ0n) is 12.2. The van der Waals surface area contributed by atoms with Gasteiger partial charge in [-0.15, -0.1) is 0 Å². The van der Waals surface area contributed by atoms with E-state index in [1.165, 1.54) is 25.2 Å². The Kier molecular flexibility index (Phi) is 3.84. The molecule has 0 fully saturated rings. The highest BCUT2D eigenvalue weighted by atomic mass is 35.5. The second kappa shape index (κ2) is 5.82. The summed E-state index contributed by atoms with van der Waals surface area (Å²) in [4.78, 5) is 29.3. The van der Waals surface area contributed by atoms with Crippen LogP contribution in [0.4, 0.5) is 0 Å². The van der Waals surface area contributed by atoms with E-state index < -0.39 is 17.3 Å². The summed E-state index contributed by atoms with van der Waals surface area (Å²) in [6.45, 7) is 0. The molecule has 0 bridgehead atoms. The van der Waals surface area contributed by atoms with E-state index in [9.17, 15) is 14.7 Å². The highest BCUT2D eigenvalue weighted by molar-refractivity contribution is 6.40. The van der Waals surface area contributed by atoms with Crippen LogP contribution in [0.15, 0.2) is 64.9 Å². The third kappa shape index (κ3) is 2.47. The van der Waals surface area contributed by atoms with Gasteiger partial charge in [-0.05, 0) is 18.2 Å². The van der Waals surface area contributed by atoms with Gasteiger partial charge in [0.2, 0.25) is 5.78 Å². The molecule has 0 heterocycles. The largest absolute Gasteiger partial charge is 0.504 e. The van der Waals surface area contributed by atoms with Crippen LogP contribution in [0.2, 0.25) is 5.02 Å². The van der Waals surface area contributed by atoms with Gasteiger partial charge in [-0.25, -0.2) is 0 Å². The lowest BCUT2D eigenvalue weighted by Gasteiger charge is -2.19. The highest BCUT2D eigenvalue weighted by Gasteiger charge is 2.35. The molecule has 0 atom stereocenters. The van der Waals surface area contributed by atoms with E-state index in [2.05, 4.69) is 4.99 Å². The van der Waals surface area contributed by atoms with Crippen molar-refractivity contribution >= 4 is 28.9 Å². The zero-order valence-corrected chi connectivity index (χ0v) is 13.0. The van der Waals surface area contributed by atoms with Gasteiger partial charge in [0.15, 0.2) is 11.5 Å². The Bertz CT molecular complexity index is 882. The summed E-state index contributed by atoms with van der Waals surface area (Å²) < 4.78 is 0. The van der Waals surface area contributed by atoms with Crippen molar-refractivity contribution in [2.24, 2.45) is 4.99 Å². The van der Waals surface area contributed by atoms with Crippen molar-refractivity contribution in [3.05, 3.63) is 81.6 Å². The number of benzene rings is 2. The maximum atomic E-state index is 12.8. The molecule has 3 rings (SSSR count). The molecule has 0 amide bonds. The topological polar surface area (TPSA) is 66.7 Å². The molecule has 0 spiro atoms. The van der Waals surface area contributed by atoms with Crippen LogP contribution in [0.3, 0.4) is 0 Å². The Morgan fingerprint density at radius 3 is 2.35 bits per heavy atom. The van der Waals surface area contributed by atoms with Crippen LogP contribution >= 0.6 is 11.6 Å². The van der Waals surface area contributed by atoms with Crippen molar-refractivity contribution in [1.82, 2.24) is 0 Å². The number of aliphatic imine (C=N–C) groups is 1. The third-order valence-corrected chi connectivity index (χ3v) is 3.89. The standard InChI is InChI=1S/C18H12ClNO3/c1-20-15(10-5-3-2-4-6-10)14-16(21)12-8-7-11(19)9-13(12)17(22)18(14)23/h2-9,23H,1H3/b20-15-. The van der Waals surface area contributed by atoms with Crippen molar-refractivity contribution in [2.45, 2.75) is 0 Å². The first kappa shape index (κ1) is 15.2. The molecule has 0 aliphatic heterocycles. The van der Waals surface area contributed by atoms with Crippen molar-refractivity contribution in [3.63, 3.8) is 0 Å². The van der Waals surface area contributed by atoms with Crippen LogP contribution in [0.25, 0.3) is 0 Å². The van der Waals surface area contributed by atoms with E-state index in [0.29, 0.717) is 10.6 Å². The minimum atomic E-state index is -0.630. The fraction of sp³-hybridized carbons (Fsp3) is 0.0556. The molecule has 23 heavy (non-hydrogen) atoms. The van der Waals surface area contributed by atoms with Gasteiger partial charge < -0.3 is 5.11 Å². The lowest BCUT2D eigenvalue weighted by Crippen LogP contribution is -2.27. The van der Waals surface area contributed by atoms with E-state index in [0.717, 1.165) is 0 Å². The molecule has 0 aromatic heterocycles. The number of carbonyl (C=O) groups is 2. The van der Waals surface area contributed by atoms with Crippen molar-refractivity contribution < 1.29 is 14.7 Å². The van der Waals surface area contributed by atoms with E-state index in [4.69, 9.17) is 11.6 Å². The minimum Gasteiger partial charge on any atom is -0.504 e. The first-order valence-corrected chi connectivity index (χ1v) is 7.27. The molecule has 2 aromatic carbocycles. The third-order valence-electron chi connectivity index (χ3n) is 3.66. The van der Waals surface area contributed by atoms with Gasteiger partial charge in [0.05, 0.1) is 11.3 Å². The van der Waals surface area contributed by atoms with Gasteiger partial charge >= 0.3 is 0 Å². The molecule has 0 saturated carbocycles. The molecule has 5 heteroatoms. The van der Waals surface area contributed by atoms with Crippen LogP contribution in [0.5, 0.6) is 0 Å². The SMILES string of the molecule is C/N=C(\C1=C(O)C(=O)c2cc(Cl)ccc2C1=O)c1ccccc1. The number of nitrogens with zero attached hydrogens (tertiary/aromatic N) is 1. The average Bonchev–Trinajstić information content (AvgIpc) is 2.57. The summed E-state index contributed by atoms with van der Waals surface area (Å²) in [5, 5.41) is 10.6. The number of allylic oxidation sites excluding steroid dienone is 2. The van der Waals surface area contributed by atoms with E-state index in [1.54, 1.807) is 24.3 Å². The van der Waals surface area contributed by atoms with Crippen LogP contribution < -0.4 is 0 Å². The van der Waals surface area contributed by atoms with Crippen molar-refractivity contribution in [1.29, 1.82) is 0 Å². The Morgan fingerprint density at radius 2 is 1.70 bits per heavy atom. The Balaban J connectivity index is 2.21. The fourth-order valence-corrected chi connectivity index (χ4v) is 2.76. The lowest BCUT2D eigenvalue weighted by atomic mass is 9.84. The average molecular weight is 326 g/mol. The molecule has 0 saturated heterocycles. The molecule has 114 valence electrons. The molecular formula is C18H12ClNO3. The van der Waals surface area contributed by atoms with Gasteiger partial charge in [0.25, 0.3) is 0 Å². The smallest absolute Gasteiger partial charge is 0.228 e. The molecule has 1 aliphatic carbocycles. The number of hydrogen-bond acceptors (Lipinski definition) is 4. The van der Waals surface area contributed by atoms with Crippen molar-refractivity contribution in [3.8, 4) is 0 Å². The number of Topliss-reactive ketones (excluding diaryl/α,β-unsaturated/α-hetero) is 2. The highest BCUT2D eigenvalue weighted by Crippen LogP contribution is 2.29. The first-order chi connectivity index (χ1) is 11.0. The lowest BCUT2D eigenvalue weighted by molar-refractivity contribution is 0.0934. The van der Waals surface area contributed by atoms with Crippen LogP contribution in [-0.2, 0) is 0 Å². The Labute approximate surface area is 137 Å². The summed E-state index contributed by atoms with van der Waals surface area (Å²) in [7, 11) is 1.51. The van der Waals surface area contributed by atoms with E-state index in [-0.39, 0.29) is 22.4 Å². The predicted molar refractivity (Wildman–Crippen MR) is 88.7 cm³/mol. The summed E-state index contributed by atoms with van der Waals surface area (Å²) >= 11 is 5.87. The molecule has 1 N–H and O–H groups in total. The minimum absolute atomic E-state index is 0.0847. The molecule has 0 unspecified atom stereocenters. The van der Waals surface area contributed by atoms with E-state index >= 15 is 0 Å². The maximum absolute atomic E-state index is 12.8. The first-order valence-electron chi connectivity index (χ1n) is 6.89. The summed E-state index contributed by atoms with van der Waals surface area (Å²) in [6.07, 6.45) is 0. The summed E-state index contributed by atoms with van der Waals surface area (Å²) in [5.41, 5.74) is 1.16. The normalized spacial score (nSPS) is 15.0. The second-order valence-corrected chi connectivity index (χ2v) is 5.45. The molecular weight excluding hydrogens is 314 g/mol. The summed E-state index contributed by atoms with van der Waals surface area (Å²) in [5.74, 6) is -1.68. The quantitative estimate of drug-likeness (QED) is 0.857. The number of aliphatic hydroxyl groups excluding tert-OH is 1.